The van der Waals surface area contributed by atoms with Crippen LogP contribution in [-0.2, 0) is 27.8 Å². The summed E-state index contributed by atoms with van der Waals surface area (Å²) >= 11 is 0. The van der Waals surface area contributed by atoms with E-state index in [1.54, 1.807) is 4.90 Å². The third-order valence-corrected chi connectivity index (χ3v) is 9.12. The number of nitriles is 1. The maximum atomic E-state index is 14.0. The first-order valence-electron chi connectivity index (χ1n) is 14.1. The van der Waals surface area contributed by atoms with E-state index in [1.807, 2.05) is 12.1 Å². The van der Waals surface area contributed by atoms with Gasteiger partial charge < -0.3 is 24.9 Å². The van der Waals surface area contributed by atoms with E-state index in [2.05, 4.69) is 58.9 Å². The number of amides is 2. The minimum atomic E-state index is -0.649. The van der Waals surface area contributed by atoms with E-state index >= 15 is 0 Å². The van der Waals surface area contributed by atoms with Crippen LogP contribution in [0.15, 0.2) is 36.9 Å². The van der Waals surface area contributed by atoms with Crippen LogP contribution in [0, 0.1) is 11.3 Å². The van der Waals surface area contributed by atoms with Gasteiger partial charge in [0.2, 0.25) is 17.8 Å². The molecule has 1 N–H and O–H groups in total. The molecule has 0 saturated carbocycles. The lowest BCUT2D eigenvalue weighted by Crippen LogP contribution is -2.58. The monoisotopic (exact) mass is 540 g/mol. The molecular formula is C30H36N8O2. The number of benzene rings is 1. The van der Waals surface area contributed by atoms with Crippen molar-refractivity contribution in [1.29, 1.82) is 5.26 Å². The van der Waals surface area contributed by atoms with Gasteiger partial charge in [-0.25, -0.2) is 4.98 Å². The Hall–Kier alpha value is -3.97. The fourth-order valence-corrected chi connectivity index (χ4v) is 6.73. The van der Waals surface area contributed by atoms with Crippen LogP contribution in [0.3, 0.4) is 0 Å². The number of anilines is 3. The molecule has 40 heavy (non-hydrogen) atoms. The van der Waals surface area contributed by atoms with E-state index in [0.29, 0.717) is 49.6 Å². The van der Waals surface area contributed by atoms with Crippen molar-refractivity contribution in [3.05, 3.63) is 53.7 Å². The van der Waals surface area contributed by atoms with Gasteiger partial charge in [-0.2, -0.15) is 10.2 Å². The number of hydrogen-bond acceptors (Lipinski definition) is 8. The Balaban J connectivity index is 1.40. The zero-order valence-electron chi connectivity index (χ0n) is 23.3. The first-order chi connectivity index (χ1) is 19.3. The second kappa shape index (κ2) is 10.2. The average molecular weight is 541 g/mol. The van der Waals surface area contributed by atoms with E-state index in [4.69, 9.17) is 9.97 Å². The smallest absolute Gasteiger partial charge is 0.246 e. The van der Waals surface area contributed by atoms with Gasteiger partial charge in [-0.3, -0.25) is 9.59 Å². The maximum Gasteiger partial charge on any atom is 0.246 e. The van der Waals surface area contributed by atoms with Crippen molar-refractivity contribution in [2.75, 3.05) is 61.9 Å². The first kappa shape index (κ1) is 26.3. The Labute approximate surface area is 235 Å². The lowest BCUT2D eigenvalue weighted by molar-refractivity contribution is -0.128. The molecule has 2 fully saturated rings. The summed E-state index contributed by atoms with van der Waals surface area (Å²) in [6, 6.07) is 10.7. The van der Waals surface area contributed by atoms with Crippen LogP contribution in [0.1, 0.15) is 36.1 Å². The second-order valence-electron chi connectivity index (χ2n) is 11.6. The largest absolute Gasteiger partial charge is 0.351 e. The zero-order valence-corrected chi connectivity index (χ0v) is 23.3. The molecule has 3 aliphatic heterocycles. The number of rotatable bonds is 5. The minimum Gasteiger partial charge on any atom is -0.351 e. The van der Waals surface area contributed by atoms with Crippen molar-refractivity contribution in [3.63, 3.8) is 0 Å². The fourth-order valence-electron chi connectivity index (χ4n) is 6.73. The Bertz CT molecular complexity index is 1390. The third kappa shape index (κ3) is 4.29. The summed E-state index contributed by atoms with van der Waals surface area (Å²) in [6.07, 6.45) is 4.75. The first-order valence-corrected chi connectivity index (χ1v) is 14.1. The molecule has 6 rings (SSSR count). The molecule has 4 aliphatic rings. The van der Waals surface area contributed by atoms with Crippen LogP contribution in [0.4, 0.5) is 17.5 Å². The Morgan fingerprint density at radius 3 is 2.77 bits per heavy atom. The van der Waals surface area contributed by atoms with Crippen molar-refractivity contribution in [2.45, 2.75) is 49.6 Å². The molecular weight excluding hydrogens is 504 g/mol. The van der Waals surface area contributed by atoms with Crippen molar-refractivity contribution < 1.29 is 9.59 Å². The summed E-state index contributed by atoms with van der Waals surface area (Å²) in [5.41, 5.74) is 3.20. The number of hydrogen-bond donors (Lipinski definition) is 1. The summed E-state index contributed by atoms with van der Waals surface area (Å²) in [4.78, 5) is 44.8. The number of nitrogens with one attached hydrogen (secondary N) is 1. The molecule has 10 nitrogen and oxygen atoms in total. The lowest BCUT2D eigenvalue weighted by atomic mass is 9.65. The highest BCUT2D eigenvalue weighted by Gasteiger charge is 2.48. The number of aryl methyl sites for hydroxylation is 1. The van der Waals surface area contributed by atoms with Gasteiger partial charge in [0.25, 0.3) is 0 Å². The molecule has 2 atom stereocenters. The highest BCUT2D eigenvalue weighted by Crippen LogP contribution is 2.46. The molecule has 1 unspecified atom stereocenters. The summed E-state index contributed by atoms with van der Waals surface area (Å²) in [7, 11) is 4.17. The van der Waals surface area contributed by atoms with Gasteiger partial charge >= 0.3 is 0 Å². The fraction of sp³-hybridized carbons (Fsp3) is 0.500. The molecule has 208 valence electrons. The summed E-state index contributed by atoms with van der Waals surface area (Å²) in [5.74, 6) is 1.17. The maximum absolute atomic E-state index is 14.0. The third-order valence-electron chi connectivity index (χ3n) is 9.12. The van der Waals surface area contributed by atoms with Crippen molar-refractivity contribution in [2.24, 2.45) is 0 Å². The van der Waals surface area contributed by atoms with Crippen LogP contribution in [0.25, 0.3) is 0 Å². The van der Waals surface area contributed by atoms with Gasteiger partial charge in [-0.1, -0.05) is 30.8 Å². The molecule has 1 aromatic carbocycles. The number of carbonyl (C=O) groups is 2. The van der Waals surface area contributed by atoms with Crippen molar-refractivity contribution >= 4 is 29.3 Å². The molecule has 0 radical (unpaired) electrons. The highest BCUT2D eigenvalue weighted by molar-refractivity contribution is 6.04. The second-order valence-corrected chi connectivity index (χ2v) is 11.6. The number of fused-ring (bicyclic) bond motifs is 3. The van der Waals surface area contributed by atoms with E-state index in [9.17, 15) is 14.9 Å². The Morgan fingerprint density at radius 1 is 1.23 bits per heavy atom. The van der Waals surface area contributed by atoms with Crippen molar-refractivity contribution in [1.82, 2.24) is 19.8 Å². The summed E-state index contributed by atoms with van der Waals surface area (Å²) in [6.45, 7) is 6.73. The predicted octanol–water partition coefficient (Wildman–Crippen LogP) is 2.11. The molecule has 1 aromatic heterocycles. The van der Waals surface area contributed by atoms with Gasteiger partial charge in [0.1, 0.15) is 5.69 Å². The SMILES string of the molecule is C=CC(=O)N1CCN(c2nc(N3CC(N(C)C)C3)nc3c2NC(=O)C2(CCCc4ccccc42)C3)C[C@@H]1CC#N. The summed E-state index contributed by atoms with van der Waals surface area (Å²) < 4.78 is 0. The Morgan fingerprint density at radius 2 is 2.02 bits per heavy atom. The number of carbonyl (C=O) groups excluding carboxylic acids is 2. The summed E-state index contributed by atoms with van der Waals surface area (Å²) in [5, 5.41) is 12.8. The quantitative estimate of drug-likeness (QED) is 0.575. The molecule has 2 saturated heterocycles. The van der Waals surface area contributed by atoms with E-state index in [1.165, 1.54) is 11.6 Å². The molecule has 2 aromatic rings. The van der Waals surface area contributed by atoms with Gasteiger partial charge in [-0.15, -0.1) is 0 Å². The molecule has 4 heterocycles. The van der Waals surface area contributed by atoms with Crippen LogP contribution >= 0.6 is 0 Å². The van der Waals surface area contributed by atoms with E-state index < -0.39 is 5.41 Å². The standard InChI is InChI=1S/C30H36N8O2/c1-4-25(39)38-15-14-36(17-21(38)11-13-31)27-26-24(32-29(34-27)37-18-22(19-37)35(2)3)16-30(28(40)33-26)12-7-9-20-8-5-6-10-23(20)30/h4-6,8,10,21-22H,1,7,9,11-12,14-19H2,2-3H3,(H,33,40)/t21-,30?/m0/s1. The van der Waals surface area contributed by atoms with Gasteiger partial charge in [0.05, 0.1) is 29.6 Å². The van der Waals surface area contributed by atoms with Gasteiger partial charge in [-0.05, 0) is 50.6 Å². The average Bonchev–Trinajstić information content (AvgIpc) is 2.92. The highest BCUT2D eigenvalue weighted by atomic mass is 16.2. The Kier molecular flexibility index (Phi) is 6.70. The number of piperazine rings is 1. The number of nitrogens with zero attached hydrogens (tertiary/aromatic N) is 7. The predicted molar refractivity (Wildman–Crippen MR) is 153 cm³/mol. The topological polar surface area (TPSA) is 109 Å². The van der Waals surface area contributed by atoms with Gasteiger partial charge in [0, 0.05) is 45.2 Å². The lowest BCUT2D eigenvalue weighted by Gasteiger charge is -2.46. The van der Waals surface area contributed by atoms with Crippen molar-refractivity contribution in [3.8, 4) is 6.07 Å². The number of likely N-dealkylation sites (N-methyl/N-ethyl adjacent to an activating group) is 1. The molecule has 10 heteroatoms. The minimum absolute atomic E-state index is 0.00424. The van der Waals surface area contributed by atoms with E-state index in [-0.39, 0.29) is 24.3 Å². The van der Waals surface area contributed by atoms with Crippen LogP contribution in [-0.4, -0.2) is 90.5 Å². The molecule has 1 aliphatic carbocycles. The van der Waals surface area contributed by atoms with Crippen LogP contribution < -0.4 is 15.1 Å². The normalized spacial score (nSPS) is 24.2. The number of aromatic nitrogens is 2. The van der Waals surface area contributed by atoms with Crippen LogP contribution in [0.5, 0.6) is 0 Å². The van der Waals surface area contributed by atoms with Crippen LogP contribution in [0.2, 0.25) is 0 Å². The zero-order chi connectivity index (χ0) is 28.0. The van der Waals surface area contributed by atoms with E-state index in [0.717, 1.165) is 43.6 Å². The molecule has 0 bridgehead atoms. The molecule has 2 amide bonds. The molecule has 1 spiro atoms. The van der Waals surface area contributed by atoms with Gasteiger partial charge in [0.15, 0.2) is 5.82 Å².